The van der Waals surface area contributed by atoms with Crippen molar-refractivity contribution in [1.29, 1.82) is 0 Å². The van der Waals surface area contributed by atoms with Crippen LogP contribution in [0.25, 0.3) is 0 Å². The number of nitrogens with two attached hydrogens (primary N) is 1. The van der Waals surface area contributed by atoms with Crippen LogP contribution in [0.5, 0.6) is 0 Å². The van der Waals surface area contributed by atoms with Crippen LogP contribution in [0.15, 0.2) is 12.5 Å². The Balaban J connectivity index is 2.16. The molecular formula is C12H19ClN4. The van der Waals surface area contributed by atoms with Gasteiger partial charge >= 0.3 is 0 Å². The van der Waals surface area contributed by atoms with Crippen molar-refractivity contribution in [3.8, 4) is 0 Å². The van der Waals surface area contributed by atoms with Crippen LogP contribution in [0.3, 0.4) is 0 Å². The maximum atomic E-state index is 6.18. The molecule has 2 rings (SSSR count). The van der Waals surface area contributed by atoms with Crippen LogP contribution in [-0.4, -0.2) is 29.1 Å². The van der Waals surface area contributed by atoms with E-state index in [2.05, 4.69) is 14.9 Å². The number of halogens is 1. The van der Waals surface area contributed by atoms with Gasteiger partial charge in [0, 0.05) is 12.6 Å². The fraction of sp³-hybridized carbons (Fsp3) is 0.667. The van der Waals surface area contributed by atoms with Gasteiger partial charge in [-0.2, -0.15) is 0 Å². The first-order chi connectivity index (χ1) is 8.33. The minimum atomic E-state index is 0.564. The quantitative estimate of drug-likeness (QED) is 0.876. The molecule has 1 aliphatic carbocycles. The summed E-state index contributed by atoms with van der Waals surface area (Å²) in [7, 11) is 0. The number of nitrogens with zero attached hydrogens (tertiary/aromatic N) is 3. The van der Waals surface area contributed by atoms with Gasteiger partial charge in [-0.15, -0.1) is 0 Å². The van der Waals surface area contributed by atoms with Gasteiger partial charge in [0.15, 0.2) is 5.82 Å². The highest BCUT2D eigenvalue weighted by Crippen LogP contribution is 2.30. The van der Waals surface area contributed by atoms with E-state index in [-0.39, 0.29) is 0 Å². The van der Waals surface area contributed by atoms with E-state index in [1.165, 1.54) is 25.7 Å². The number of hydrogen-bond donors (Lipinski definition) is 1. The van der Waals surface area contributed by atoms with Gasteiger partial charge < -0.3 is 10.6 Å². The molecule has 4 nitrogen and oxygen atoms in total. The zero-order valence-electron chi connectivity index (χ0n) is 9.98. The summed E-state index contributed by atoms with van der Waals surface area (Å²) in [5.41, 5.74) is 5.60. The lowest BCUT2D eigenvalue weighted by atomic mass is 10.2. The third-order valence-corrected chi connectivity index (χ3v) is 3.56. The number of rotatable bonds is 5. The molecule has 1 fully saturated rings. The SMILES string of the molecule is NCCCN(c1ncncc1Cl)C1CCCC1. The zero-order valence-corrected chi connectivity index (χ0v) is 10.7. The first kappa shape index (κ1) is 12.6. The van der Waals surface area contributed by atoms with Gasteiger partial charge in [0.05, 0.1) is 6.20 Å². The summed E-state index contributed by atoms with van der Waals surface area (Å²) in [5.74, 6) is 0.863. The Hall–Kier alpha value is -0.870. The Labute approximate surface area is 107 Å². The normalized spacial score (nSPS) is 16.4. The lowest BCUT2D eigenvalue weighted by Gasteiger charge is -2.30. The van der Waals surface area contributed by atoms with Crippen LogP contribution >= 0.6 is 11.6 Å². The highest BCUT2D eigenvalue weighted by molar-refractivity contribution is 6.32. The van der Waals surface area contributed by atoms with Gasteiger partial charge in [-0.3, -0.25) is 0 Å². The average molecular weight is 255 g/mol. The number of aromatic nitrogens is 2. The van der Waals surface area contributed by atoms with E-state index in [1.54, 1.807) is 12.5 Å². The molecule has 0 saturated heterocycles. The molecule has 0 aliphatic heterocycles. The molecule has 0 atom stereocenters. The third kappa shape index (κ3) is 3.07. The molecule has 1 aliphatic rings. The van der Waals surface area contributed by atoms with E-state index in [1.807, 2.05) is 0 Å². The highest BCUT2D eigenvalue weighted by Gasteiger charge is 2.24. The molecule has 1 aromatic rings. The Bertz CT molecular complexity index is 352. The Morgan fingerprint density at radius 1 is 1.41 bits per heavy atom. The maximum Gasteiger partial charge on any atom is 0.151 e. The lowest BCUT2D eigenvalue weighted by molar-refractivity contribution is 0.586. The molecular weight excluding hydrogens is 236 g/mol. The summed E-state index contributed by atoms with van der Waals surface area (Å²) in [6.07, 6.45) is 9.24. The van der Waals surface area contributed by atoms with Gasteiger partial charge in [0.25, 0.3) is 0 Å². The summed E-state index contributed by atoms with van der Waals surface area (Å²) in [4.78, 5) is 10.6. The molecule has 0 spiro atoms. The Kier molecular flexibility index (Phi) is 4.57. The Morgan fingerprint density at radius 2 is 2.18 bits per heavy atom. The molecule has 0 amide bonds. The fourth-order valence-electron chi connectivity index (χ4n) is 2.46. The van der Waals surface area contributed by atoms with E-state index in [4.69, 9.17) is 17.3 Å². The van der Waals surface area contributed by atoms with Crippen molar-refractivity contribution in [3.05, 3.63) is 17.5 Å². The van der Waals surface area contributed by atoms with Gasteiger partial charge in [-0.1, -0.05) is 24.4 Å². The predicted octanol–water partition coefficient (Wildman–Crippen LogP) is 2.23. The van der Waals surface area contributed by atoms with Gasteiger partial charge in [0.1, 0.15) is 11.3 Å². The second-order valence-electron chi connectivity index (χ2n) is 4.47. The summed E-state index contributed by atoms with van der Waals surface area (Å²) in [6, 6.07) is 0.564. The third-order valence-electron chi connectivity index (χ3n) is 3.29. The van der Waals surface area contributed by atoms with Crippen LogP contribution in [-0.2, 0) is 0 Å². The Morgan fingerprint density at radius 3 is 2.82 bits per heavy atom. The van der Waals surface area contributed by atoms with Crippen LogP contribution < -0.4 is 10.6 Å². The zero-order chi connectivity index (χ0) is 12.1. The summed E-state index contributed by atoms with van der Waals surface area (Å²) in [5, 5.41) is 0.636. The van der Waals surface area contributed by atoms with Crippen LogP contribution in [0.4, 0.5) is 5.82 Å². The monoisotopic (exact) mass is 254 g/mol. The van der Waals surface area contributed by atoms with Crippen molar-refractivity contribution in [2.24, 2.45) is 5.73 Å². The molecule has 2 N–H and O–H groups in total. The maximum absolute atomic E-state index is 6.18. The largest absolute Gasteiger partial charge is 0.352 e. The van der Waals surface area contributed by atoms with Crippen molar-refractivity contribution in [2.45, 2.75) is 38.1 Å². The minimum Gasteiger partial charge on any atom is -0.352 e. The average Bonchev–Trinajstić information content (AvgIpc) is 2.85. The number of anilines is 1. The van der Waals surface area contributed by atoms with E-state index in [9.17, 15) is 0 Å². The predicted molar refractivity (Wildman–Crippen MR) is 70.3 cm³/mol. The topological polar surface area (TPSA) is 55.0 Å². The first-order valence-corrected chi connectivity index (χ1v) is 6.63. The van der Waals surface area contributed by atoms with E-state index < -0.39 is 0 Å². The van der Waals surface area contributed by atoms with E-state index in [0.717, 1.165) is 18.8 Å². The fourth-order valence-corrected chi connectivity index (χ4v) is 2.67. The lowest BCUT2D eigenvalue weighted by Crippen LogP contribution is -2.36. The van der Waals surface area contributed by atoms with E-state index >= 15 is 0 Å². The van der Waals surface area contributed by atoms with Gasteiger partial charge in [0.2, 0.25) is 0 Å². The van der Waals surface area contributed by atoms with Crippen molar-refractivity contribution < 1.29 is 0 Å². The second kappa shape index (κ2) is 6.17. The summed E-state index contributed by atoms with van der Waals surface area (Å²) < 4.78 is 0. The molecule has 17 heavy (non-hydrogen) atoms. The van der Waals surface area contributed by atoms with Crippen molar-refractivity contribution >= 4 is 17.4 Å². The number of hydrogen-bond acceptors (Lipinski definition) is 4. The second-order valence-corrected chi connectivity index (χ2v) is 4.88. The molecule has 0 bridgehead atoms. The first-order valence-electron chi connectivity index (χ1n) is 6.25. The van der Waals surface area contributed by atoms with Crippen LogP contribution in [0.1, 0.15) is 32.1 Å². The van der Waals surface area contributed by atoms with Gasteiger partial charge in [-0.05, 0) is 25.8 Å². The molecule has 0 radical (unpaired) electrons. The molecule has 1 saturated carbocycles. The van der Waals surface area contributed by atoms with Gasteiger partial charge in [-0.25, -0.2) is 9.97 Å². The van der Waals surface area contributed by atoms with E-state index in [0.29, 0.717) is 17.6 Å². The molecule has 5 heteroatoms. The van der Waals surface area contributed by atoms with Crippen molar-refractivity contribution in [2.75, 3.05) is 18.0 Å². The highest BCUT2D eigenvalue weighted by atomic mass is 35.5. The van der Waals surface area contributed by atoms with Crippen molar-refractivity contribution in [3.63, 3.8) is 0 Å². The van der Waals surface area contributed by atoms with Crippen LogP contribution in [0.2, 0.25) is 5.02 Å². The molecule has 1 heterocycles. The molecule has 94 valence electrons. The molecule has 0 aromatic carbocycles. The summed E-state index contributed by atoms with van der Waals surface area (Å²) >= 11 is 6.18. The molecule has 1 aromatic heterocycles. The molecule has 0 unspecified atom stereocenters. The minimum absolute atomic E-state index is 0.564. The standard InChI is InChI=1S/C12H19ClN4/c13-11-8-15-9-16-12(11)17(7-3-6-14)10-4-1-2-5-10/h8-10H,1-7,14H2. The summed E-state index contributed by atoms with van der Waals surface area (Å²) in [6.45, 7) is 1.63. The van der Waals surface area contributed by atoms with Crippen molar-refractivity contribution in [1.82, 2.24) is 9.97 Å². The van der Waals surface area contributed by atoms with Crippen LogP contribution in [0, 0.1) is 0 Å². The smallest absolute Gasteiger partial charge is 0.151 e.